The van der Waals surface area contributed by atoms with Gasteiger partial charge in [0.1, 0.15) is 0 Å². The lowest BCUT2D eigenvalue weighted by Crippen LogP contribution is -2.22. The third kappa shape index (κ3) is 35.0. The molecule has 0 saturated carbocycles. The lowest BCUT2D eigenvalue weighted by Gasteiger charge is -2.18. The van der Waals surface area contributed by atoms with E-state index in [1.165, 1.54) is 128 Å². The van der Waals surface area contributed by atoms with E-state index < -0.39 is 0 Å². The van der Waals surface area contributed by atoms with Gasteiger partial charge in [-0.3, -0.25) is 0 Å². The van der Waals surface area contributed by atoms with Crippen molar-refractivity contribution in [3.05, 3.63) is 48.6 Å². The molecule has 0 aromatic heterocycles. The molecule has 0 amide bonds. The molecular weight excluding hydrogens is 514 g/mol. The maximum atomic E-state index is 6.00. The summed E-state index contributed by atoms with van der Waals surface area (Å²) in [5.41, 5.74) is 5.79. The van der Waals surface area contributed by atoms with Gasteiger partial charge in [-0.05, 0) is 83.6 Å². The van der Waals surface area contributed by atoms with Crippen molar-refractivity contribution in [2.75, 3.05) is 19.8 Å². The average molecular weight is 588 g/mol. The van der Waals surface area contributed by atoms with E-state index in [9.17, 15) is 0 Å². The standard InChI is InChI=1S/C39H73NO2/c1-3-5-7-9-11-13-15-17-19-21-23-25-27-29-31-33-37-41-39(35-36-40)42-38-34-32-30-28-26-24-22-20-18-16-14-12-10-8-6-4-2/h11-14,17-20,39H,3-10,15-16,21-38,40H2,1-2H3/b13-11-,14-12-,19-17-,20-18-. The molecule has 0 fully saturated rings. The fraction of sp³-hybridized carbons (Fsp3) is 0.795. The van der Waals surface area contributed by atoms with Gasteiger partial charge in [-0.25, -0.2) is 0 Å². The van der Waals surface area contributed by atoms with Gasteiger partial charge in [0.05, 0.1) is 0 Å². The Kier molecular flexibility index (Phi) is 36.8. The number of unbranched alkanes of at least 4 members (excludes halogenated alkanes) is 18. The quantitative estimate of drug-likeness (QED) is 0.0462. The van der Waals surface area contributed by atoms with Gasteiger partial charge in [0.2, 0.25) is 0 Å². The van der Waals surface area contributed by atoms with E-state index in [4.69, 9.17) is 15.2 Å². The first-order valence-electron chi connectivity index (χ1n) is 18.4. The molecule has 0 atom stereocenters. The third-order valence-corrected chi connectivity index (χ3v) is 7.70. The molecule has 246 valence electrons. The second kappa shape index (κ2) is 37.9. The Bertz CT molecular complexity index is 560. The Labute approximate surface area is 263 Å². The van der Waals surface area contributed by atoms with E-state index in [0.29, 0.717) is 6.54 Å². The minimum Gasteiger partial charge on any atom is -0.353 e. The van der Waals surface area contributed by atoms with Crippen molar-refractivity contribution in [2.45, 2.75) is 181 Å². The first-order valence-corrected chi connectivity index (χ1v) is 18.4. The van der Waals surface area contributed by atoms with Crippen molar-refractivity contribution >= 4 is 0 Å². The average Bonchev–Trinajstić information content (AvgIpc) is 3.00. The minimum absolute atomic E-state index is 0.119. The van der Waals surface area contributed by atoms with Gasteiger partial charge in [-0.1, -0.05) is 140 Å². The first kappa shape index (κ1) is 40.8. The smallest absolute Gasteiger partial charge is 0.158 e. The van der Waals surface area contributed by atoms with Gasteiger partial charge < -0.3 is 15.2 Å². The Morgan fingerprint density at radius 1 is 0.429 bits per heavy atom. The van der Waals surface area contributed by atoms with E-state index >= 15 is 0 Å². The molecule has 0 aliphatic rings. The summed E-state index contributed by atoms with van der Waals surface area (Å²) >= 11 is 0. The predicted molar refractivity (Wildman–Crippen MR) is 188 cm³/mol. The summed E-state index contributed by atoms with van der Waals surface area (Å²) in [7, 11) is 0. The molecule has 0 aliphatic carbocycles. The zero-order chi connectivity index (χ0) is 30.4. The highest BCUT2D eigenvalue weighted by atomic mass is 16.7. The Morgan fingerprint density at radius 2 is 0.762 bits per heavy atom. The van der Waals surface area contributed by atoms with Crippen LogP contribution in [0.15, 0.2) is 48.6 Å². The van der Waals surface area contributed by atoms with Crippen molar-refractivity contribution in [3.63, 3.8) is 0 Å². The van der Waals surface area contributed by atoms with Crippen LogP contribution in [0, 0.1) is 0 Å². The van der Waals surface area contributed by atoms with Gasteiger partial charge in [0.15, 0.2) is 6.29 Å². The van der Waals surface area contributed by atoms with Crippen LogP contribution in [0.5, 0.6) is 0 Å². The van der Waals surface area contributed by atoms with Gasteiger partial charge in [0, 0.05) is 19.6 Å². The molecule has 3 heteroatoms. The van der Waals surface area contributed by atoms with Crippen molar-refractivity contribution in [1.82, 2.24) is 0 Å². The van der Waals surface area contributed by atoms with Gasteiger partial charge in [-0.2, -0.15) is 0 Å². The van der Waals surface area contributed by atoms with Crippen molar-refractivity contribution in [2.24, 2.45) is 5.73 Å². The lowest BCUT2D eigenvalue weighted by molar-refractivity contribution is -0.145. The van der Waals surface area contributed by atoms with Crippen LogP contribution in [0.25, 0.3) is 0 Å². The Balaban J connectivity index is 3.49. The predicted octanol–water partition coefficient (Wildman–Crippen LogP) is 12.3. The molecule has 0 rings (SSSR count). The lowest BCUT2D eigenvalue weighted by atomic mass is 10.1. The number of hydrogen-bond donors (Lipinski definition) is 1. The minimum atomic E-state index is -0.119. The van der Waals surface area contributed by atoms with Crippen molar-refractivity contribution in [1.29, 1.82) is 0 Å². The highest BCUT2D eigenvalue weighted by Crippen LogP contribution is 2.12. The number of hydrogen-bond acceptors (Lipinski definition) is 3. The van der Waals surface area contributed by atoms with Crippen molar-refractivity contribution < 1.29 is 9.47 Å². The molecule has 0 aliphatic heterocycles. The summed E-state index contributed by atoms with van der Waals surface area (Å²) in [5.74, 6) is 0. The summed E-state index contributed by atoms with van der Waals surface area (Å²) < 4.78 is 12.0. The van der Waals surface area contributed by atoms with E-state index in [-0.39, 0.29) is 6.29 Å². The van der Waals surface area contributed by atoms with Crippen molar-refractivity contribution in [3.8, 4) is 0 Å². The fourth-order valence-corrected chi connectivity index (χ4v) is 4.96. The topological polar surface area (TPSA) is 44.5 Å². The summed E-state index contributed by atoms with van der Waals surface area (Å²) in [4.78, 5) is 0. The zero-order valence-corrected chi connectivity index (χ0v) is 28.4. The largest absolute Gasteiger partial charge is 0.353 e. The summed E-state index contributed by atoms with van der Waals surface area (Å²) in [6.07, 6.45) is 49.8. The second-order valence-electron chi connectivity index (χ2n) is 11.9. The number of ether oxygens (including phenoxy) is 2. The molecule has 0 aromatic rings. The SMILES string of the molecule is CCCCC/C=C\C/C=C\CCCCCCCCOC(CCN)OCCCCCCCC/C=C\C/C=C\CCCCC. The van der Waals surface area contributed by atoms with E-state index in [1.54, 1.807) is 0 Å². The Morgan fingerprint density at radius 3 is 1.12 bits per heavy atom. The van der Waals surface area contributed by atoms with Gasteiger partial charge in [-0.15, -0.1) is 0 Å². The van der Waals surface area contributed by atoms with Crippen LogP contribution in [-0.2, 0) is 9.47 Å². The van der Waals surface area contributed by atoms with Crippen LogP contribution in [0.2, 0.25) is 0 Å². The molecule has 0 unspecified atom stereocenters. The Hall–Kier alpha value is -1.16. The van der Waals surface area contributed by atoms with Gasteiger partial charge >= 0.3 is 0 Å². The second-order valence-corrected chi connectivity index (χ2v) is 11.9. The summed E-state index contributed by atoms with van der Waals surface area (Å²) in [6, 6.07) is 0. The molecule has 3 nitrogen and oxygen atoms in total. The fourth-order valence-electron chi connectivity index (χ4n) is 4.96. The van der Waals surface area contributed by atoms with E-state index in [0.717, 1.165) is 45.3 Å². The van der Waals surface area contributed by atoms with Crippen LogP contribution in [0.4, 0.5) is 0 Å². The normalized spacial score (nSPS) is 12.5. The van der Waals surface area contributed by atoms with Crippen LogP contribution >= 0.6 is 0 Å². The van der Waals surface area contributed by atoms with Crippen LogP contribution < -0.4 is 5.73 Å². The zero-order valence-electron chi connectivity index (χ0n) is 28.4. The molecule has 0 radical (unpaired) electrons. The molecule has 0 spiro atoms. The van der Waals surface area contributed by atoms with E-state index in [1.807, 2.05) is 0 Å². The summed E-state index contributed by atoms with van der Waals surface area (Å²) in [6.45, 7) is 6.73. The molecule has 2 N–H and O–H groups in total. The molecular formula is C39H73NO2. The van der Waals surface area contributed by atoms with Crippen LogP contribution in [0.3, 0.4) is 0 Å². The molecule has 0 bridgehead atoms. The van der Waals surface area contributed by atoms with Crippen LogP contribution in [-0.4, -0.2) is 26.0 Å². The highest BCUT2D eigenvalue weighted by Gasteiger charge is 2.08. The van der Waals surface area contributed by atoms with Gasteiger partial charge in [0.25, 0.3) is 0 Å². The molecule has 0 aromatic carbocycles. The molecule has 42 heavy (non-hydrogen) atoms. The monoisotopic (exact) mass is 588 g/mol. The molecule has 0 saturated heterocycles. The first-order chi connectivity index (χ1) is 20.8. The molecule has 0 heterocycles. The maximum Gasteiger partial charge on any atom is 0.158 e. The number of allylic oxidation sites excluding steroid dienone is 8. The third-order valence-electron chi connectivity index (χ3n) is 7.70. The highest BCUT2D eigenvalue weighted by molar-refractivity contribution is 4.93. The van der Waals surface area contributed by atoms with E-state index in [2.05, 4.69) is 62.5 Å². The summed E-state index contributed by atoms with van der Waals surface area (Å²) in [5, 5.41) is 0. The van der Waals surface area contributed by atoms with Crippen LogP contribution in [0.1, 0.15) is 174 Å². The number of rotatable bonds is 34. The maximum absolute atomic E-state index is 6.00. The number of nitrogens with two attached hydrogens (primary N) is 1.